The molecule has 150 valence electrons. The van der Waals surface area contributed by atoms with Gasteiger partial charge in [-0.05, 0) is 55.3 Å². The summed E-state index contributed by atoms with van der Waals surface area (Å²) in [7, 11) is 0. The van der Waals surface area contributed by atoms with E-state index in [1.54, 1.807) is 11.8 Å². The molecule has 0 bridgehead atoms. The van der Waals surface area contributed by atoms with E-state index in [2.05, 4.69) is 25.2 Å². The van der Waals surface area contributed by atoms with E-state index >= 15 is 0 Å². The Morgan fingerprint density at radius 1 is 1.18 bits per heavy atom. The zero-order valence-corrected chi connectivity index (χ0v) is 18.1. The van der Waals surface area contributed by atoms with Crippen LogP contribution in [0.25, 0.3) is 0 Å². The SMILES string of the molecule is CCC1(CC)C[C@H](NC(=O)CCCSc2ccc(Cl)cc2)c2ccccc2O1. The molecule has 0 saturated carbocycles. The quantitative estimate of drug-likeness (QED) is 0.398. The molecule has 0 spiro atoms. The summed E-state index contributed by atoms with van der Waals surface area (Å²) in [5.74, 6) is 1.92. The van der Waals surface area contributed by atoms with Gasteiger partial charge in [-0.3, -0.25) is 4.79 Å². The molecule has 2 aromatic rings. The highest BCUT2D eigenvalue weighted by atomic mass is 35.5. The number of amides is 1. The third-order valence-electron chi connectivity index (χ3n) is 5.45. The molecular weight excluding hydrogens is 390 g/mol. The van der Waals surface area contributed by atoms with Crippen molar-refractivity contribution >= 4 is 29.3 Å². The number of hydrogen-bond donors (Lipinski definition) is 1. The van der Waals surface area contributed by atoms with Gasteiger partial charge in [0.05, 0.1) is 6.04 Å². The zero-order valence-electron chi connectivity index (χ0n) is 16.5. The smallest absolute Gasteiger partial charge is 0.220 e. The average Bonchev–Trinajstić information content (AvgIpc) is 2.72. The number of rotatable bonds is 8. The fourth-order valence-electron chi connectivity index (χ4n) is 3.65. The molecule has 0 aromatic heterocycles. The van der Waals surface area contributed by atoms with Crippen LogP contribution in [-0.2, 0) is 4.79 Å². The lowest BCUT2D eigenvalue weighted by Gasteiger charge is -2.41. The highest BCUT2D eigenvalue weighted by molar-refractivity contribution is 7.99. The molecule has 1 N–H and O–H groups in total. The number of carbonyl (C=O) groups is 1. The van der Waals surface area contributed by atoms with Crippen molar-refractivity contribution in [2.45, 2.75) is 62.5 Å². The van der Waals surface area contributed by atoms with Crippen molar-refractivity contribution in [2.75, 3.05) is 5.75 Å². The van der Waals surface area contributed by atoms with Gasteiger partial charge >= 0.3 is 0 Å². The van der Waals surface area contributed by atoms with Crippen molar-refractivity contribution in [1.82, 2.24) is 5.32 Å². The van der Waals surface area contributed by atoms with Crippen molar-refractivity contribution in [1.29, 1.82) is 0 Å². The molecule has 3 rings (SSSR count). The predicted molar refractivity (Wildman–Crippen MR) is 117 cm³/mol. The van der Waals surface area contributed by atoms with Crippen LogP contribution < -0.4 is 10.1 Å². The van der Waals surface area contributed by atoms with Crippen LogP contribution in [0.15, 0.2) is 53.4 Å². The minimum absolute atomic E-state index is 0.0151. The molecule has 0 aliphatic carbocycles. The van der Waals surface area contributed by atoms with E-state index in [1.165, 1.54) is 4.90 Å². The van der Waals surface area contributed by atoms with E-state index in [1.807, 2.05) is 42.5 Å². The van der Waals surface area contributed by atoms with E-state index < -0.39 is 0 Å². The first-order valence-corrected chi connectivity index (χ1v) is 11.4. The van der Waals surface area contributed by atoms with Gasteiger partial charge in [0.2, 0.25) is 5.91 Å². The molecule has 0 radical (unpaired) electrons. The van der Waals surface area contributed by atoms with Gasteiger partial charge in [0, 0.05) is 28.3 Å². The first-order valence-electron chi connectivity index (χ1n) is 10.0. The van der Waals surface area contributed by atoms with Crippen LogP contribution in [0.2, 0.25) is 5.02 Å². The maximum atomic E-state index is 12.6. The number of thioether (sulfide) groups is 1. The predicted octanol–water partition coefficient (Wildman–Crippen LogP) is 6.41. The van der Waals surface area contributed by atoms with E-state index in [0.717, 1.165) is 47.8 Å². The second kappa shape index (κ2) is 9.71. The number of benzene rings is 2. The average molecular weight is 418 g/mol. The second-order valence-electron chi connectivity index (χ2n) is 7.26. The van der Waals surface area contributed by atoms with Crippen molar-refractivity contribution in [3.8, 4) is 5.75 Å². The summed E-state index contributed by atoms with van der Waals surface area (Å²) in [6.45, 7) is 4.31. The number of carbonyl (C=O) groups excluding carboxylic acids is 1. The lowest BCUT2D eigenvalue weighted by atomic mass is 9.83. The Bertz CT molecular complexity index is 789. The van der Waals surface area contributed by atoms with E-state index in [4.69, 9.17) is 16.3 Å². The summed E-state index contributed by atoms with van der Waals surface area (Å²) in [6.07, 6.45) is 4.06. The Kier molecular flexibility index (Phi) is 7.30. The Labute approximate surface area is 177 Å². The molecule has 1 aliphatic heterocycles. The largest absolute Gasteiger partial charge is 0.487 e. The van der Waals surface area contributed by atoms with E-state index in [-0.39, 0.29) is 17.6 Å². The maximum Gasteiger partial charge on any atom is 0.220 e. The van der Waals surface area contributed by atoms with Crippen LogP contribution in [0.4, 0.5) is 0 Å². The van der Waals surface area contributed by atoms with Crippen LogP contribution in [0.5, 0.6) is 5.75 Å². The normalized spacial score (nSPS) is 17.5. The molecule has 0 saturated heterocycles. The van der Waals surface area contributed by atoms with Gasteiger partial charge in [0.1, 0.15) is 11.4 Å². The van der Waals surface area contributed by atoms with Gasteiger partial charge in [0.15, 0.2) is 0 Å². The topological polar surface area (TPSA) is 38.3 Å². The van der Waals surface area contributed by atoms with E-state index in [0.29, 0.717) is 6.42 Å². The fraction of sp³-hybridized carbons (Fsp3) is 0.435. The molecule has 0 fully saturated rings. The highest BCUT2D eigenvalue weighted by Gasteiger charge is 2.38. The van der Waals surface area contributed by atoms with Gasteiger partial charge in [-0.15, -0.1) is 11.8 Å². The van der Waals surface area contributed by atoms with Crippen LogP contribution >= 0.6 is 23.4 Å². The molecule has 1 heterocycles. The van der Waals surface area contributed by atoms with Crippen LogP contribution in [0.1, 0.15) is 57.6 Å². The highest BCUT2D eigenvalue weighted by Crippen LogP contribution is 2.42. The van der Waals surface area contributed by atoms with Gasteiger partial charge in [-0.25, -0.2) is 0 Å². The summed E-state index contributed by atoms with van der Waals surface area (Å²) < 4.78 is 6.32. The standard InChI is InChI=1S/C23H28ClNO2S/c1-3-23(4-2)16-20(19-8-5-6-9-21(19)27-23)25-22(26)10-7-15-28-18-13-11-17(24)12-14-18/h5-6,8-9,11-14,20H,3-4,7,10,15-16H2,1-2H3,(H,25,26)/t20-/m0/s1. The first kappa shape index (κ1) is 21.1. The molecule has 0 unspecified atom stereocenters. The van der Waals surface area contributed by atoms with Crippen LogP contribution in [0, 0.1) is 0 Å². The monoisotopic (exact) mass is 417 g/mol. The molecular formula is C23H28ClNO2S. The van der Waals surface area contributed by atoms with Crippen molar-refractivity contribution in [3.63, 3.8) is 0 Å². The molecule has 5 heteroatoms. The van der Waals surface area contributed by atoms with Crippen LogP contribution in [-0.4, -0.2) is 17.3 Å². The number of nitrogens with one attached hydrogen (secondary N) is 1. The summed E-state index contributed by atoms with van der Waals surface area (Å²) in [6, 6.07) is 15.9. The van der Waals surface area contributed by atoms with Crippen LogP contribution in [0.3, 0.4) is 0 Å². The van der Waals surface area contributed by atoms with Crippen molar-refractivity contribution < 1.29 is 9.53 Å². The van der Waals surface area contributed by atoms with Gasteiger partial charge in [-0.2, -0.15) is 0 Å². The van der Waals surface area contributed by atoms with Gasteiger partial charge in [-0.1, -0.05) is 43.6 Å². The molecule has 28 heavy (non-hydrogen) atoms. The third kappa shape index (κ3) is 5.24. The third-order valence-corrected chi connectivity index (χ3v) is 6.80. The number of para-hydroxylation sites is 1. The lowest BCUT2D eigenvalue weighted by molar-refractivity contribution is -0.122. The Morgan fingerprint density at radius 2 is 1.89 bits per heavy atom. The summed E-state index contributed by atoms with van der Waals surface area (Å²) >= 11 is 7.67. The maximum absolute atomic E-state index is 12.6. The van der Waals surface area contributed by atoms with Crippen molar-refractivity contribution in [2.24, 2.45) is 0 Å². The van der Waals surface area contributed by atoms with Gasteiger partial charge in [0.25, 0.3) is 0 Å². The second-order valence-corrected chi connectivity index (χ2v) is 8.86. The van der Waals surface area contributed by atoms with Gasteiger partial charge < -0.3 is 10.1 Å². The number of halogens is 1. The minimum Gasteiger partial charge on any atom is -0.487 e. The molecule has 3 nitrogen and oxygen atoms in total. The Balaban J connectivity index is 1.54. The van der Waals surface area contributed by atoms with Crippen molar-refractivity contribution in [3.05, 3.63) is 59.1 Å². The summed E-state index contributed by atoms with van der Waals surface area (Å²) in [5.41, 5.74) is 0.889. The molecule has 2 aromatic carbocycles. The van der Waals surface area contributed by atoms with E-state index in [9.17, 15) is 4.79 Å². The molecule has 1 aliphatic rings. The number of ether oxygens (including phenoxy) is 1. The minimum atomic E-state index is -0.198. The Hall–Kier alpha value is -1.65. The summed E-state index contributed by atoms with van der Waals surface area (Å²) in [4.78, 5) is 13.8. The first-order chi connectivity index (χ1) is 13.5. The zero-order chi connectivity index (χ0) is 20.0. The fourth-order valence-corrected chi connectivity index (χ4v) is 4.63. The summed E-state index contributed by atoms with van der Waals surface area (Å²) in [5, 5.41) is 4.00. The molecule has 1 amide bonds. The Morgan fingerprint density at radius 3 is 2.61 bits per heavy atom. The number of fused-ring (bicyclic) bond motifs is 1. The number of hydrogen-bond acceptors (Lipinski definition) is 3. The molecule has 1 atom stereocenters. The lowest BCUT2D eigenvalue weighted by Crippen LogP contribution is -2.44.